The Morgan fingerprint density at radius 1 is 1.07 bits per heavy atom. The van der Waals surface area contributed by atoms with Crippen molar-refractivity contribution >= 4 is 0 Å². The van der Waals surface area contributed by atoms with Crippen molar-refractivity contribution < 1.29 is 0 Å². The molecule has 0 fully saturated rings. The first kappa shape index (κ1) is 14.9. The standard InChI is InChI=1S/C13H30N2/c1-5-9-14-10-7-8-11-15(6-2)12-13(3)4/h13-14H,5-12H2,1-4H3. The van der Waals surface area contributed by atoms with Gasteiger partial charge in [0.2, 0.25) is 0 Å². The average molecular weight is 214 g/mol. The van der Waals surface area contributed by atoms with Gasteiger partial charge in [-0.1, -0.05) is 27.7 Å². The summed E-state index contributed by atoms with van der Waals surface area (Å²) in [5.74, 6) is 0.795. The number of nitrogens with one attached hydrogen (secondary N) is 1. The summed E-state index contributed by atoms with van der Waals surface area (Å²) < 4.78 is 0. The van der Waals surface area contributed by atoms with Crippen molar-refractivity contribution in [1.29, 1.82) is 0 Å². The van der Waals surface area contributed by atoms with Crippen LogP contribution in [0.25, 0.3) is 0 Å². The fourth-order valence-electron chi connectivity index (χ4n) is 1.78. The van der Waals surface area contributed by atoms with E-state index in [0.717, 1.165) is 5.92 Å². The zero-order valence-corrected chi connectivity index (χ0v) is 11.2. The first-order valence-corrected chi connectivity index (χ1v) is 6.63. The molecule has 0 spiro atoms. The van der Waals surface area contributed by atoms with E-state index in [2.05, 4.69) is 37.9 Å². The van der Waals surface area contributed by atoms with Crippen LogP contribution in [0.3, 0.4) is 0 Å². The lowest BCUT2D eigenvalue weighted by atomic mass is 10.2. The van der Waals surface area contributed by atoms with E-state index < -0.39 is 0 Å². The van der Waals surface area contributed by atoms with E-state index in [0.29, 0.717) is 0 Å². The van der Waals surface area contributed by atoms with Gasteiger partial charge in [-0.3, -0.25) is 0 Å². The lowest BCUT2D eigenvalue weighted by Gasteiger charge is -2.22. The Morgan fingerprint density at radius 3 is 2.33 bits per heavy atom. The molecule has 0 amide bonds. The Morgan fingerprint density at radius 2 is 1.80 bits per heavy atom. The molecule has 0 aromatic rings. The molecule has 0 aliphatic carbocycles. The molecule has 2 nitrogen and oxygen atoms in total. The second-order valence-electron chi connectivity index (χ2n) is 4.74. The van der Waals surface area contributed by atoms with E-state index in [4.69, 9.17) is 0 Å². The van der Waals surface area contributed by atoms with Crippen molar-refractivity contribution in [3.05, 3.63) is 0 Å². The lowest BCUT2D eigenvalue weighted by molar-refractivity contribution is 0.251. The van der Waals surface area contributed by atoms with Crippen molar-refractivity contribution in [2.45, 2.75) is 47.0 Å². The lowest BCUT2D eigenvalue weighted by Crippen LogP contribution is -2.29. The molecule has 0 saturated carbocycles. The predicted octanol–water partition coefficient (Wildman–Crippen LogP) is 2.74. The highest BCUT2D eigenvalue weighted by Crippen LogP contribution is 2.00. The van der Waals surface area contributed by atoms with Crippen LogP contribution >= 0.6 is 0 Å². The number of hydrogen-bond donors (Lipinski definition) is 1. The Bertz CT molecular complexity index is 124. The van der Waals surface area contributed by atoms with Crippen LogP contribution in [-0.4, -0.2) is 37.6 Å². The third-order valence-electron chi connectivity index (χ3n) is 2.58. The van der Waals surface area contributed by atoms with Crippen LogP contribution in [-0.2, 0) is 0 Å². The molecule has 0 aromatic heterocycles. The minimum atomic E-state index is 0.795. The molecule has 0 heterocycles. The fraction of sp³-hybridized carbons (Fsp3) is 1.00. The van der Waals surface area contributed by atoms with E-state index in [1.807, 2.05) is 0 Å². The Balaban J connectivity index is 3.30. The van der Waals surface area contributed by atoms with Gasteiger partial charge >= 0.3 is 0 Å². The van der Waals surface area contributed by atoms with Crippen molar-refractivity contribution in [3.8, 4) is 0 Å². The summed E-state index contributed by atoms with van der Waals surface area (Å²) in [6, 6.07) is 0. The molecule has 0 saturated heterocycles. The smallest absolute Gasteiger partial charge is 0.000427 e. The molecule has 1 N–H and O–H groups in total. The molecule has 0 radical (unpaired) electrons. The maximum absolute atomic E-state index is 3.45. The molecule has 0 rings (SSSR count). The summed E-state index contributed by atoms with van der Waals surface area (Å²) >= 11 is 0. The van der Waals surface area contributed by atoms with Gasteiger partial charge < -0.3 is 10.2 Å². The van der Waals surface area contributed by atoms with E-state index in [1.54, 1.807) is 0 Å². The number of unbranched alkanes of at least 4 members (excludes halogenated alkanes) is 1. The van der Waals surface area contributed by atoms with Gasteiger partial charge in [0.25, 0.3) is 0 Å². The molecule has 0 aliphatic heterocycles. The molecule has 0 atom stereocenters. The number of nitrogens with zero attached hydrogens (tertiary/aromatic N) is 1. The fourth-order valence-corrected chi connectivity index (χ4v) is 1.78. The van der Waals surface area contributed by atoms with Crippen molar-refractivity contribution in [1.82, 2.24) is 10.2 Å². The van der Waals surface area contributed by atoms with Gasteiger partial charge in [-0.05, 0) is 51.4 Å². The second-order valence-corrected chi connectivity index (χ2v) is 4.74. The Hall–Kier alpha value is -0.0800. The minimum absolute atomic E-state index is 0.795. The highest BCUT2D eigenvalue weighted by molar-refractivity contribution is 4.59. The van der Waals surface area contributed by atoms with Gasteiger partial charge in [-0.2, -0.15) is 0 Å². The van der Waals surface area contributed by atoms with Crippen molar-refractivity contribution in [3.63, 3.8) is 0 Å². The van der Waals surface area contributed by atoms with Gasteiger partial charge in [-0.15, -0.1) is 0 Å². The summed E-state index contributed by atoms with van der Waals surface area (Å²) in [5, 5.41) is 3.45. The van der Waals surface area contributed by atoms with Crippen molar-refractivity contribution in [2.24, 2.45) is 5.92 Å². The van der Waals surface area contributed by atoms with Gasteiger partial charge in [-0.25, -0.2) is 0 Å². The van der Waals surface area contributed by atoms with E-state index in [-0.39, 0.29) is 0 Å². The van der Waals surface area contributed by atoms with E-state index in [1.165, 1.54) is 52.0 Å². The van der Waals surface area contributed by atoms with Gasteiger partial charge in [0.15, 0.2) is 0 Å². The molecule has 0 bridgehead atoms. The van der Waals surface area contributed by atoms with Crippen LogP contribution in [0.2, 0.25) is 0 Å². The average Bonchev–Trinajstić information content (AvgIpc) is 2.20. The van der Waals surface area contributed by atoms with E-state index >= 15 is 0 Å². The van der Waals surface area contributed by atoms with Crippen LogP contribution in [0.4, 0.5) is 0 Å². The molecule has 2 heteroatoms. The molecule has 15 heavy (non-hydrogen) atoms. The summed E-state index contributed by atoms with van der Waals surface area (Å²) in [6.07, 6.45) is 3.89. The van der Waals surface area contributed by atoms with E-state index in [9.17, 15) is 0 Å². The number of rotatable bonds is 10. The molecule has 0 aliphatic rings. The molecule has 0 unspecified atom stereocenters. The third kappa shape index (κ3) is 10.2. The van der Waals surface area contributed by atoms with Crippen LogP contribution < -0.4 is 5.32 Å². The predicted molar refractivity (Wildman–Crippen MR) is 69.3 cm³/mol. The zero-order chi connectivity index (χ0) is 11.5. The van der Waals surface area contributed by atoms with Crippen LogP contribution in [0.15, 0.2) is 0 Å². The Labute approximate surface area is 96.4 Å². The summed E-state index contributed by atoms with van der Waals surface area (Å²) in [7, 11) is 0. The minimum Gasteiger partial charge on any atom is -0.317 e. The number of hydrogen-bond acceptors (Lipinski definition) is 2. The molecular formula is C13H30N2. The first-order valence-electron chi connectivity index (χ1n) is 6.63. The van der Waals surface area contributed by atoms with Gasteiger partial charge in [0.05, 0.1) is 0 Å². The third-order valence-corrected chi connectivity index (χ3v) is 2.58. The normalized spacial score (nSPS) is 11.6. The first-order chi connectivity index (χ1) is 7.20. The summed E-state index contributed by atoms with van der Waals surface area (Å²) in [4.78, 5) is 2.56. The molecule has 92 valence electrons. The van der Waals surface area contributed by atoms with Gasteiger partial charge in [0.1, 0.15) is 0 Å². The maximum Gasteiger partial charge on any atom is 0.000427 e. The highest BCUT2D eigenvalue weighted by atomic mass is 15.1. The summed E-state index contributed by atoms with van der Waals surface area (Å²) in [5.41, 5.74) is 0. The molecule has 0 aromatic carbocycles. The largest absolute Gasteiger partial charge is 0.317 e. The zero-order valence-electron chi connectivity index (χ0n) is 11.2. The monoisotopic (exact) mass is 214 g/mol. The SMILES string of the molecule is CCCNCCCCN(CC)CC(C)C. The second kappa shape index (κ2) is 10.4. The Kier molecular flexibility index (Phi) is 10.4. The van der Waals surface area contributed by atoms with Crippen LogP contribution in [0.1, 0.15) is 47.0 Å². The topological polar surface area (TPSA) is 15.3 Å². The quantitative estimate of drug-likeness (QED) is 0.563. The maximum atomic E-state index is 3.45. The highest BCUT2D eigenvalue weighted by Gasteiger charge is 2.03. The molecular weight excluding hydrogens is 184 g/mol. The van der Waals surface area contributed by atoms with Crippen LogP contribution in [0.5, 0.6) is 0 Å². The van der Waals surface area contributed by atoms with Gasteiger partial charge in [0, 0.05) is 6.54 Å². The van der Waals surface area contributed by atoms with Crippen LogP contribution in [0, 0.1) is 5.92 Å². The summed E-state index contributed by atoms with van der Waals surface area (Å²) in [6.45, 7) is 15.1. The van der Waals surface area contributed by atoms with Crippen molar-refractivity contribution in [2.75, 3.05) is 32.7 Å².